The highest BCUT2D eigenvalue weighted by Gasteiger charge is 2.25. The van der Waals surface area contributed by atoms with Gasteiger partial charge in [0.05, 0.1) is 17.0 Å². The lowest BCUT2D eigenvalue weighted by molar-refractivity contribution is 0.208. The van der Waals surface area contributed by atoms with Gasteiger partial charge in [0.1, 0.15) is 0 Å². The molecule has 0 atom stereocenters. The zero-order valence-corrected chi connectivity index (χ0v) is 10.1. The molecule has 0 bridgehead atoms. The number of nitrogen functional groups attached to an aromatic ring is 1. The first kappa shape index (κ1) is 13.0. The number of rotatable bonds is 4. The Morgan fingerprint density at radius 1 is 1.31 bits per heavy atom. The normalized spacial score (nSPS) is 12.7. The minimum atomic E-state index is -3.61. The molecular formula is C10H16N2O3S. The second kappa shape index (κ2) is 4.40. The van der Waals surface area contributed by atoms with Crippen molar-refractivity contribution in [3.8, 4) is 0 Å². The van der Waals surface area contributed by atoms with Crippen LogP contribution in [0.15, 0.2) is 29.2 Å². The Morgan fingerprint density at radius 3 is 2.25 bits per heavy atom. The number of hydrogen-bond donors (Lipinski definition) is 3. The van der Waals surface area contributed by atoms with Crippen molar-refractivity contribution in [3.05, 3.63) is 24.3 Å². The highest BCUT2D eigenvalue weighted by Crippen LogP contribution is 2.14. The molecule has 0 radical (unpaired) electrons. The second-order valence-electron chi connectivity index (χ2n) is 4.22. The standard InChI is InChI=1S/C10H16N2O3S/c1-10(2,7-13)12-16(14,15)9-5-3-8(11)4-6-9/h3-6,12-13H,7,11H2,1-2H3. The van der Waals surface area contributed by atoms with Gasteiger partial charge in [-0.2, -0.15) is 0 Å². The molecule has 0 amide bonds. The van der Waals surface area contributed by atoms with Crippen LogP contribution in [0.25, 0.3) is 0 Å². The molecule has 16 heavy (non-hydrogen) atoms. The average Bonchev–Trinajstić information content (AvgIpc) is 2.17. The molecule has 6 heteroatoms. The summed E-state index contributed by atoms with van der Waals surface area (Å²) in [5.74, 6) is 0. The zero-order chi connectivity index (χ0) is 12.4. The molecule has 0 spiro atoms. The Balaban J connectivity index is 2.99. The summed E-state index contributed by atoms with van der Waals surface area (Å²) in [7, 11) is -3.61. The molecule has 1 aromatic carbocycles. The largest absolute Gasteiger partial charge is 0.399 e. The van der Waals surface area contributed by atoms with Crippen LogP contribution in [-0.4, -0.2) is 25.7 Å². The van der Waals surface area contributed by atoms with Crippen LogP contribution >= 0.6 is 0 Å². The van der Waals surface area contributed by atoms with E-state index in [1.807, 2.05) is 0 Å². The van der Waals surface area contributed by atoms with Gasteiger partial charge in [0.2, 0.25) is 10.0 Å². The summed E-state index contributed by atoms with van der Waals surface area (Å²) in [6.07, 6.45) is 0. The van der Waals surface area contributed by atoms with Crippen LogP contribution in [0.1, 0.15) is 13.8 Å². The van der Waals surface area contributed by atoms with Gasteiger partial charge in [-0.1, -0.05) is 0 Å². The summed E-state index contributed by atoms with van der Waals surface area (Å²) in [6.45, 7) is 2.92. The van der Waals surface area contributed by atoms with Gasteiger partial charge in [-0.15, -0.1) is 0 Å². The fourth-order valence-corrected chi connectivity index (χ4v) is 2.51. The number of nitrogens with one attached hydrogen (secondary N) is 1. The minimum absolute atomic E-state index is 0.128. The first-order valence-electron chi connectivity index (χ1n) is 4.77. The molecule has 0 saturated carbocycles. The molecule has 0 heterocycles. The third kappa shape index (κ3) is 3.19. The van der Waals surface area contributed by atoms with Crippen LogP contribution in [0.3, 0.4) is 0 Å². The third-order valence-electron chi connectivity index (χ3n) is 2.00. The summed E-state index contributed by atoms with van der Waals surface area (Å²) in [4.78, 5) is 0.128. The van der Waals surface area contributed by atoms with Crippen LogP contribution in [-0.2, 0) is 10.0 Å². The van der Waals surface area contributed by atoms with Crippen LogP contribution in [0.2, 0.25) is 0 Å². The van der Waals surface area contributed by atoms with Gasteiger partial charge >= 0.3 is 0 Å². The number of benzene rings is 1. The molecular weight excluding hydrogens is 228 g/mol. The third-order valence-corrected chi connectivity index (χ3v) is 3.71. The van der Waals surface area contributed by atoms with E-state index in [9.17, 15) is 8.42 Å². The Morgan fingerprint density at radius 2 is 1.81 bits per heavy atom. The number of sulfonamides is 1. The van der Waals surface area contributed by atoms with Gasteiger partial charge in [0.25, 0.3) is 0 Å². The summed E-state index contributed by atoms with van der Waals surface area (Å²) in [5.41, 5.74) is 5.08. The van der Waals surface area contributed by atoms with E-state index in [1.54, 1.807) is 13.8 Å². The van der Waals surface area contributed by atoms with Crippen LogP contribution in [0, 0.1) is 0 Å². The predicted octanol–water partition coefficient (Wildman–Crippen LogP) is 0.318. The summed E-state index contributed by atoms with van der Waals surface area (Å²) < 4.78 is 26.1. The van der Waals surface area contributed by atoms with Crippen LogP contribution in [0.5, 0.6) is 0 Å². The summed E-state index contributed by atoms with van der Waals surface area (Å²) >= 11 is 0. The molecule has 0 aliphatic carbocycles. The van der Waals surface area contributed by atoms with E-state index in [-0.39, 0.29) is 11.5 Å². The number of anilines is 1. The van der Waals surface area contributed by atoms with Crippen molar-refractivity contribution in [2.75, 3.05) is 12.3 Å². The molecule has 4 N–H and O–H groups in total. The van der Waals surface area contributed by atoms with Crippen molar-refractivity contribution < 1.29 is 13.5 Å². The number of aliphatic hydroxyl groups is 1. The van der Waals surface area contributed by atoms with Crippen LogP contribution < -0.4 is 10.5 Å². The van der Waals surface area contributed by atoms with Gasteiger partial charge in [0.15, 0.2) is 0 Å². The fourth-order valence-electron chi connectivity index (χ4n) is 1.10. The maximum atomic E-state index is 11.9. The van der Waals surface area contributed by atoms with Crippen molar-refractivity contribution in [1.82, 2.24) is 4.72 Å². The predicted molar refractivity (Wildman–Crippen MR) is 62.3 cm³/mol. The number of nitrogens with two attached hydrogens (primary N) is 1. The van der Waals surface area contributed by atoms with E-state index in [0.29, 0.717) is 5.69 Å². The molecule has 0 aliphatic heterocycles. The molecule has 0 aliphatic rings. The van der Waals surface area contributed by atoms with Gasteiger partial charge in [-0.25, -0.2) is 13.1 Å². The minimum Gasteiger partial charge on any atom is -0.399 e. The SMILES string of the molecule is CC(C)(CO)NS(=O)(=O)c1ccc(N)cc1. The molecule has 1 aromatic rings. The first-order valence-corrected chi connectivity index (χ1v) is 6.25. The Labute approximate surface area is 95.3 Å². The van der Waals surface area contributed by atoms with E-state index < -0.39 is 15.6 Å². The van der Waals surface area contributed by atoms with Gasteiger partial charge in [-0.3, -0.25) is 0 Å². The zero-order valence-electron chi connectivity index (χ0n) is 9.27. The quantitative estimate of drug-likeness (QED) is 0.665. The van der Waals surface area contributed by atoms with E-state index in [0.717, 1.165) is 0 Å². The van der Waals surface area contributed by atoms with Crippen LogP contribution in [0.4, 0.5) is 5.69 Å². The maximum Gasteiger partial charge on any atom is 0.241 e. The maximum absolute atomic E-state index is 11.9. The smallest absolute Gasteiger partial charge is 0.241 e. The van der Waals surface area contributed by atoms with Crippen molar-refractivity contribution in [3.63, 3.8) is 0 Å². The number of aliphatic hydroxyl groups excluding tert-OH is 1. The van der Waals surface area contributed by atoms with Gasteiger partial charge in [-0.05, 0) is 38.1 Å². The molecule has 90 valence electrons. The lowest BCUT2D eigenvalue weighted by atomic mass is 10.1. The highest BCUT2D eigenvalue weighted by atomic mass is 32.2. The van der Waals surface area contributed by atoms with Crippen molar-refractivity contribution in [2.24, 2.45) is 0 Å². The van der Waals surface area contributed by atoms with E-state index >= 15 is 0 Å². The highest BCUT2D eigenvalue weighted by molar-refractivity contribution is 7.89. The molecule has 0 aromatic heterocycles. The topological polar surface area (TPSA) is 92.4 Å². The molecule has 0 fully saturated rings. The molecule has 0 unspecified atom stereocenters. The van der Waals surface area contributed by atoms with Gasteiger partial charge < -0.3 is 10.8 Å². The van der Waals surface area contributed by atoms with Gasteiger partial charge in [0, 0.05) is 5.69 Å². The fraction of sp³-hybridized carbons (Fsp3) is 0.400. The Bertz CT molecular complexity index is 451. The van der Waals surface area contributed by atoms with E-state index in [1.165, 1.54) is 24.3 Å². The Kier molecular flexibility index (Phi) is 3.57. The molecule has 1 rings (SSSR count). The van der Waals surface area contributed by atoms with Crippen molar-refractivity contribution in [2.45, 2.75) is 24.3 Å². The monoisotopic (exact) mass is 244 g/mol. The Hall–Kier alpha value is -1.11. The molecule has 0 saturated heterocycles. The summed E-state index contributed by atoms with van der Waals surface area (Å²) in [5, 5.41) is 9.00. The van der Waals surface area contributed by atoms with E-state index in [2.05, 4.69) is 4.72 Å². The summed E-state index contributed by atoms with van der Waals surface area (Å²) in [6, 6.07) is 5.87. The lowest BCUT2D eigenvalue weighted by Gasteiger charge is -2.23. The average molecular weight is 244 g/mol. The van der Waals surface area contributed by atoms with Crippen molar-refractivity contribution >= 4 is 15.7 Å². The number of hydrogen-bond acceptors (Lipinski definition) is 4. The molecule has 5 nitrogen and oxygen atoms in total. The lowest BCUT2D eigenvalue weighted by Crippen LogP contribution is -2.46. The second-order valence-corrected chi connectivity index (χ2v) is 5.90. The van der Waals surface area contributed by atoms with Crippen molar-refractivity contribution in [1.29, 1.82) is 0 Å². The first-order chi connectivity index (χ1) is 7.27. The van der Waals surface area contributed by atoms with E-state index in [4.69, 9.17) is 10.8 Å².